The number of aromatic nitrogens is 1. The van der Waals surface area contributed by atoms with Crippen LogP contribution in [0.2, 0.25) is 0 Å². The van der Waals surface area contributed by atoms with E-state index in [1.54, 1.807) is 6.92 Å². The Hall–Kier alpha value is -1.96. The zero-order chi connectivity index (χ0) is 16.5. The average Bonchev–Trinajstić information content (AvgIpc) is 3.21. The summed E-state index contributed by atoms with van der Waals surface area (Å²) in [6, 6.07) is 3.72. The second-order valence-corrected chi connectivity index (χ2v) is 7.78. The van der Waals surface area contributed by atoms with Crippen LogP contribution >= 0.6 is 0 Å². The molecule has 0 spiro atoms. The van der Waals surface area contributed by atoms with Crippen molar-refractivity contribution >= 4 is 21.7 Å². The molecule has 1 aromatic heterocycles. The largest absolute Gasteiger partial charge is 0.477 e. The summed E-state index contributed by atoms with van der Waals surface area (Å²) >= 11 is 0. The number of carbonyl (C=O) groups is 2. The van der Waals surface area contributed by atoms with Crippen molar-refractivity contribution in [1.82, 2.24) is 9.88 Å². The summed E-state index contributed by atoms with van der Waals surface area (Å²) in [6.45, 7) is 1.68. The van der Waals surface area contributed by atoms with Crippen molar-refractivity contribution in [2.24, 2.45) is 0 Å². The first-order valence-corrected chi connectivity index (χ1v) is 8.96. The Labute approximate surface area is 128 Å². The molecule has 1 aliphatic rings. The lowest BCUT2D eigenvalue weighted by molar-refractivity contribution is 0.0682. The van der Waals surface area contributed by atoms with Crippen molar-refractivity contribution in [1.29, 1.82) is 0 Å². The number of nitrogens with zero attached hydrogens (tertiary/aromatic N) is 2. The number of carbonyl (C=O) groups excluding carboxylic acids is 1. The summed E-state index contributed by atoms with van der Waals surface area (Å²) in [5, 5.41) is 8.95. The number of pyridine rings is 1. The zero-order valence-electron chi connectivity index (χ0n) is 12.4. The fraction of sp³-hybridized carbons (Fsp3) is 0.500. The summed E-state index contributed by atoms with van der Waals surface area (Å²) in [5.41, 5.74) is -0.190. The van der Waals surface area contributed by atoms with Gasteiger partial charge in [0.05, 0.1) is 5.75 Å². The van der Waals surface area contributed by atoms with E-state index in [9.17, 15) is 18.0 Å². The van der Waals surface area contributed by atoms with Gasteiger partial charge in [0, 0.05) is 18.3 Å². The van der Waals surface area contributed by atoms with Crippen molar-refractivity contribution in [2.45, 2.75) is 31.8 Å². The standard InChI is InChI=1S/C14H18N2O5S/c1-9(8-22(2,20)21)16(10-6-7-10)13(17)11-4-3-5-12(15-11)14(18)19/h3-5,9-10H,6-8H2,1-2H3,(H,18,19). The van der Waals surface area contributed by atoms with E-state index < -0.39 is 27.8 Å². The highest BCUT2D eigenvalue weighted by atomic mass is 32.2. The monoisotopic (exact) mass is 326 g/mol. The minimum absolute atomic E-state index is 0.000431. The Balaban J connectivity index is 2.27. The number of rotatable bonds is 6. The van der Waals surface area contributed by atoms with Crippen LogP contribution < -0.4 is 0 Å². The molecule has 7 nitrogen and oxygen atoms in total. The number of hydrogen-bond donors (Lipinski definition) is 1. The van der Waals surface area contributed by atoms with Gasteiger partial charge in [-0.15, -0.1) is 0 Å². The van der Waals surface area contributed by atoms with Gasteiger partial charge in [-0.1, -0.05) is 6.07 Å². The first-order chi connectivity index (χ1) is 10.2. The molecule has 1 saturated carbocycles. The first kappa shape index (κ1) is 16.4. The molecule has 0 aliphatic heterocycles. The molecule has 0 radical (unpaired) electrons. The molecule has 1 aromatic rings. The van der Waals surface area contributed by atoms with Gasteiger partial charge in [0.1, 0.15) is 21.2 Å². The van der Waals surface area contributed by atoms with Crippen molar-refractivity contribution in [2.75, 3.05) is 12.0 Å². The average molecular weight is 326 g/mol. The van der Waals surface area contributed by atoms with Crippen LogP contribution in [-0.2, 0) is 9.84 Å². The maximum absolute atomic E-state index is 12.6. The summed E-state index contributed by atoms with van der Waals surface area (Å²) in [6.07, 6.45) is 2.76. The van der Waals surface area contributed by atoms with Crippen LogP contribution in [0, 0.1) is 0 Å². The first-order valence-electron chi connectivity index (χ1n) is 6.90. The molecule has 22 heavy (non-hydrogen) atoms. The second kappa shape index (κ2) is 6.04. The van der Waals surface area contributed by atoms with Gasteiger partial charge in [-0.25, -0.2) is 18.2 Å². The molecule has 1 atom stereocenters. The highest BCUT2D eigenvalue weighted by Gasteiger charge is 2.37. The van der Waals surface area contributed by atoms with Crippen LogP contribution in [-0.4, -0.2) is 59.4 Å². The highest BCUT2D eigenvalue weighted by molar-refractivity contribution is 7.90. The van der Waals surface area contributed by atoms with E-state index in [0.717, 1.165) is 19.1 Å². The molecule has 1 amide bonds. The van der Waals surface area contributed by atoms with Gasteiger partial charge in [0.2, 0.25) is 0 Å². The Morgan fingerprint density at radius 1 is 1.36 bits per heavy atom. The third-order valence-electron chi connectivity index (χ3n) is 3.38. The van der Waals surface area contributed by atoms with Crippen LogP contribution in [0.3, 0.4) is 0 Å². The molecule has 2 rings (SSSR count). The van der Waals surface area contributed by atoms with E-state index in [1.165, 1.54) is 23.1 Å². The van der Waals surface area contributed by atoms with E-state index >= 15 is 0 Å². The van der Waals surface area contributed by atoms with Crippen molar-refractivity contribution in [3.05, 3.63) is 29.6 Å². The lowest BCUT2D eigenvalue weighted by atomic mass is 10.2. The number of sulfone groups is 1. The minimum Gasteiger partial charge on any atom is -0.477 e. The summed E-state index contributed by atoms with van der Waals surface area (Å²) in [5.74, 6) is -1.77. The Kier molecular flexibility index (Phi) is 4.50. The Morgan fingerprint density at radius 2 is 1.95 bits per heavy atom. The van der Waals surface area contributed by atoms with E-state index in [4.69, 9.17) is 5.11 Å². The number of carboxylic acids is 1. The van der Waals surface area contributed by atoms with Crippen LogP contribution in [0.15, 0.2) is 18.2 Å². The summed E-state index contributed by atoms with van der Waals surface area (Å²) < 4.78 is 22.9. The molecular weight excluding hydrogens is 308 g/mol. The van der Waals surface area contributed by atoms with Gasteiger partial charge in [-0.05, 0) is 31.9 Å². The molecule has 120 valence electrons. The van der Waals surface area contributed by atoms with E-state index in [2.05, 4.69) is 4.98 Å². The Morgan fingerprint density at radius 3 is 2.45 bits per heavy atom. The molecule has 1 aliphatic carbocycles. The van der Waals surface area contributed by atoms with Gasteiger partial charge >= 0.3 is 5.97 Å². The molecule has 1 heterocycles. The van der Waals surface area contributed by atoms with Crippen LogP contribution in [0.5, 0.6) is 0 Å². The van der Waals surface area contributed by atoms with Crippen LogP contribution in [0.1, 0.15) is 40.7 Å². The fourth-order valence-corrected chi connectivity index (χ4v) is 3.44. The predicted octanol–water partition coefficient (Wildman–Crippen LogP) is 0.817. The molecule has 8 heteroatoms. The summed E-state index contributed by atoms with van der Waals surface area (Å²) in [7, 11) is -3.22. The SMILES string of the molecule is CC(CS(C)(=O)=O)N(C(=O)c1cccc(C(=O)O)n1)C1CC1. The van der Waals surface area contributed by atoms with E-state index in [0.29, 0.717) is 0 Å². The minimum atomic E-state index is -3.22. The molecule has 1 N–H and O–H groups in total. The topological polar surface area (TPSA) is 105 Å². The quantitative estimate of drug-likeness (QED) is 0.830. The van der Waals surface area contributed by atoms with Crippen molar-refractivity contribution in [3.63, 3.8) is 0 Å². The maximum Gasteiger partial charge on any atom is 0.354 e. The van der Waals surface area contributed by atoms with Gasteiger partial charge in [-0.3, -0.25) is 4.79 Å². The third kappa shape index (κ3) is 4.03. The molecule has 0 aromatic carbocycles. The van der Waals surface area contributed by atoms with Crippen molar-refractivity contribution in [3.8, 4) is 0 Å². The smallest absolute Gasteiger partial charge is 0.354 e. The van der Waals surface area contributed by atoms with Gasteiger partial charge < -0.3 is 10.0 Å². The van der Waals surface area contributed by atoms with Crippen LogP contribution in [0.4, 0.5) is 0 Å². The third-order valence-corrected chi connectivity index (χ3v) is 4.47. The van der Waals surface area contributed by atoms with Crippen molar-refractivity contribution < 1.29 is 23.1 Å². The fourth-order valence-electron chi connectivity index (χ4n) is 2.40. The molecular formula is C14H18N2O5S. The lowest BCUT2D eigenvalue weighted by Gasteiger charge is -2.28. The lowest BCUT2D eigenvalue weighted by Crippen LogP contribution is -2.44. The maximum atomic E-state index is 12.6. The molecule has 0 bridgehead atoms. The number of amides is 1. The van der Waals surface area contributed by atoms with E-state index in [-0.39, 0.29) is 23.2 Å². The summed E-state index contributed by atoms with van der Waals surface area (Å²) in [4.78, 5) is 28.9. The molecule has 1 unspecified atom stereocenters. The van der Waals surface area contributed by atoms with Crippen LogP contribution in [0.25, 0.3) is 0 Å². The number of carboxylic acid groups (broad SMARTS) is 1. The highest BCUT2D eigenvalue weighted by Crippen LogP contribution is 2.30. The normalized spacial score (nSPS) is 16.1. The number of hydrogen-bond acceptors (Lipinski definition) is 5. The second-order valence-electron chi connectivity index (χ2n) is 5.60. The van der Waals surface area contributed by atoms with Gasteiger partial charge in [-0.2, -0.15) is 0 Å². The number of aromatic carboxylic acids is 1. The van der Waals surface area contributed by atoms with Gasteiger partial charge in [0.15, 0.2) is 0 Å². The van der Waals surface area contributed by atoms with Gasteiger partial charge in [0.25, 0.3) is 5.91 Å². The zero-order valence-corrected chi connectivity index (χ0v) is 13.2. The predicted molar refractivity (Wildman–Crippen MR) is 79.6 cm³/mol. The molecule has 0 saturated heterocycles. The Bertz CT molecular complexity index is 697. The van der Waals surface area contributed by atoms with E-state index in [1.807, 2.05) is 0 Å². The molecule has 1 fully saturated rings.